The molecule has 0 aromatic heterocycles. The highest BCUT2D eigenvalue weighted by Crippen LogP contribution is 2.14. The maximum absolute atomic E-state index is 5.70. The Bertz CT molecular complexity index is 337. The van der Waals surface area contributed by atoms with Crippen molar-refractivity contribution >= 4 is 11.5 Å². The number of allylic oxidation sites excluding steroid dienone is 1. The van der Waals surface area contributed by atoms with Crippen molar-refractivity contribution in [2.24, 2.45) is 10.7 Å². The van der Waals surface area contributed by atoms with Gasteiger partial charge >= 0.3 is 0 Å². The molecule has 0 aliphatic carbocycles. The van der Waals surface area contributed by atoms with Crippen LogP contribution >= 0.6 is 0 Å². The van der Waals surface area contributed by atoms with Crippen molar-refractivity contribution in [2.75, 3.05) is 0 Å². The molecule has 2 nitrogen and oxygen atoms in total. The Balaban J connectivity index is 2.96. The second-order valence-corrected chi connectivity index (χ2v) is 3.00. The number of aliphatic imine (C=N–C) groups is 1. The second-order valence-electron chi connectivity index (χ2n) is 3.00. The van der Waals surface area contributed by atoms with Crippen LogP contribution in [-0.4, -0.2) is 5.84 Å². The lowest BCUT2D eigenvalue weighted by atomic mass is 10.1. The monoisotopic (exact) mass is 188 g/mol. The molecule has 0 heterocycles. The summed E-state index contributed by atoms with van der Waals surface area (Å²) in [5, 5.41) is 0. The van der Waals surface area contributed by atoms with E-state index in [1.54, 1.807) is 0 Å². The van der Waals surface area contributed by atoms with Gasteiger partial charge in [0.15, 0.2) is 0 Å². The van der Waals surface area contributed by atoms with Crippen LogP contribution in [0.2, 0.25) is 0 Å². The van der Waals surface area contributed by atoms with E-state index in [9.17, 15) is 0 Å². The Kier molecular flexibility index (Phi) is 3.92. The molecule has 2 N–H and O–H groups in total. The SMILES string of the molecule is C/C=C(\N=C(N)CC)c1ccccc1. The van der Waals surface area contributed by atoms with Crippen LogP contribution < -0.4 is 5.73 Å². The molecule has 0 saturated heterocycles. The highest BCUT2D eigenvalue weighted by molar-refractivity contribution is 5.86. The molecular weight excluding hydrogens is 172 g/mol. The average Bonchev–Trinajstić information content (AvgIpc) is 2.26. The summed E-state index contributed by atoms with van der Waals surface area (Å²) >= 11 is 0. The van der Waals surface area contributed by atoms with Gasteiger partial charge in [-0.1, -0.05) is 43.3 Å². The first-order valence-corrected chi connectivity index (χ1v) is 4.82. The molecule has 2 heteroatoms. The van der Waals surface area contributed by atoms with E-state index in [1.165, 1.54) is 0 Å². The van der Waals surface area contributed by atoms with E-state index in [2.05, 4.69) is 4.99 Å². The quantitative estimate of drug-likeness (QED) is 0.575. The Labute approximate surface area is 85.2 Å². The van der Waals surface area contributed by atoms with Gasteiger partial charge in [0.25, 0.3) is 0 Å². The largest absolute Gasteiger partial charge is 0.387 e. The lowest BCUT2D eigenvalue weighted by molar-refractivity contribution is 1.24. The minimum absolute atomic E-state index is 0.668. The van der Waals surface area contributed by atoms with Crippen molar-refractivity contribution in [1.82, 2.24) is 0 Å². The van der Waals surface area contributed by atoms with Crippen molar-refractivity contribution in [3.05, 3.63) is 42.0 Å². The predicted molar refractivity (Wildman–Crippen MR) is 62.0 cm³/mol. The molecule has 0 saturated carbocycles. The molecule has 1 aromatic carbocycles. The van der Waals surface area contributed by atoms with E-state index in [0.717, 1.165) is 17.7 Å². The topological polar surface area (TPSA) is 38.4 Å². The van der Waals surface area contributed by atoms with Gasteiger partial charge in [-0.3, -0.25) is 0 Å². The lowest BCUT2D eigenvalue weighted by Gasteiger charge is -2.02. The van der Waals surface area contributed by atoms with Crippen molar-refractivity contribution in [2.45, 2.75) is 20.3 Å². The van der Waals surface area contributed by atoms with Crippen LogP contribution in [0.15, 0.2) is 41.4 Å². The van der Waals surface area contributed by atoms with Gasteiger partial charge in [-0.05, 0) is 12.5 Å². The summed E-state index contributed by atoms with van der Waals surface area (Å²) in [6.45, 7) is 3.96. The molecule has 0 amide bonds. The van der Waals surface area contributed by atoms with Crippen LogP contribution in [0.5, 0.6) is 0 Å². The molecule has 0 unspecified atom stereocenters. The van der Waals surface area contributed by atoms with Crippen LogP contribution in [-0.2, 0) is 0 Å². The van der Waals surface area contributed by atoms with Crippen LogP contribution in [0.1, 0.15) is 25.8 Å². The van der Waals surface area contributed by atoms with E-state index in [0.29, 0.717) is 5.84 Å². The third-order valence-corrected chi connectivity index (χ3v) is 1.97. The fourth-order valence-corrected chi connectivity index (χ4v) is 1.14. The van der Waals surface area contributed by atoms with E-state index < -0.39 is 0 Å². The third-order valence-electron chi connectivity index (χ3n) is 1.97. The summed E-state index contributed by atoms with van der Waals surface area (Å²) in [5.41, 5.74) is 7.73. The summed E-state index contributed by atoms with van der Waals surface area (Å²) in [7, 11) is 0. The summed E-state index contributed by atoms with van der Waals surface area (Å²) in [5.74, 6) is 0.668. The van der Waals surface area contributed by atoms with Gasteiger partial charge < -0.3 is 5.73 Å². The van der Waals surface area contributed by atoms with Crippen molar-refractivity contribution < 1.29 is 0 Å². The number of nitrogens with zero attached hydrogens (tertiary/aromatic N) is 1. The smallest absolute Gasteiger partial charge is 0.0993 e. The number of hydrogen-bond donors (Lipinski definition) is 1. The van der Waals surface area contributed by atoms with E-state index in [-0.39, 0.29) is 0 Å². The lowest BCUT2D eigenvalue weighted by Crippen LogP contribution is -2.09. The molecule has 1 aromatic rings. The van der Waals surface area contributed by atoms with Gasteiger partial charge in [-0.15, -0.1) is 0 Å². The molecule has 0 aliphatic heterocycles. The molecule has 0 atom stereocenters. The van der Waals surface area contributed by atoms with Crippen LogP contribution in [0.3, 0.4) is 0 Å². The van der Waals surface area contributed by atoms with E-state index in [4.69, 9.17) is 5.73 Å². The minimum Gasteiger partial charge on any atom is -0.387 e. The summed E-state index contributed by atoms with van der Waals surface area (Å²) in [6.07, 6.45) is 2.75. The number of rotatable bonds is 3. The van der Waals surface area contributed by atoms with Gasteiger partial charge in [-0.25, -0.2) is 4.99 Å². The first-order valence-electron chi connectivity index (χ1n) is 4.82. The zero-order chi connectivity index (χ0) is 10.4. The summed E-state index contributed by atoms with van der Waals surface area (Å²) in [6, 6.07) is 10.0. The van der Waals surface area contributed by atoms with Gasteiger partial charge in [-0.2, -0.15) is 0 Å². The standard InChI is InChI=1S/C12H16N2/c1-3-11(14-12(13)4-2)10-8-6-5-7-9-10/h3,5-9H,4H2,1-2H3,(H2,13,14)/b11-3-. The molecule has 74 valence electrons. The number of hydrogen-bond acceptors (Lipinski definition) is 1. The Morgan fingerprint density at radius 3 is 2.50 bits per heavy atom. The minimum atomic E-state index is 0.668. The average molecular weight is 188 g/mol. The molecule has 1 rings (SSSR count). The maximum atomic E-state index is 5.70. The van der Waals surface area contributed by atoms with Gasteiger partial charge in [0.2, 0.25) is 0 Å². The fraction of sp³-hybridized carbons (Fsp3) is 0.250. The van der Waals surface area contributed by atoms with Crippen LogP contribution in [0, 0.1) is 0 Å². The maximum Gasteiger partial charge on any atom is 0.0993 e. The van der Waals surface area contributed by atoms with Crippen molar-refractivity contribution in [3.8, 4) is 0 Å². The Morgan fingerprint density at radius 2 is 2.00 bits per heavy atom. The molecule has 0 fully saturated rings. The number of benzene rings is 1. The van der Waals surface area contributed by atoms with Crippen molar-refractivity contribution in [1.29, 1.82) is 0 Å². The first-order chi connectivity index (χ1) is 6.77. The first kappa shape index (κ1) is 10.5. The highest BCUT2D eigenvalue weighted by Gasteiger charge is 1.97. The molecule has 0 spiro atoms. The second kappa shape index (κ2) is 5.22. The summed E-state index contributed by atoms with van der Waals surface area (Å²) in [4.78, 5) is 4.34. The van der Waals surface area contributed by atoms with Crippen LogP contribution in [0.4, 0.5) is 0 Å². The highest BCUT2D eigenvalue weighted by atomic mass is 14.9. The zero-order valence-electron chi connectivity index (χ0n) is 8.70. The normalized spacial score (nSPS) is 13.0. The van der Waals surface area contributed by atoms with Gasteiger partial charge in [0.05, 0.1) is 11.5 Å². The molecule has 14 heavy (non-hydrogen) atoms. The summed E-state index contributed by atoms with van der Waals surface area (Å²) < 4.78 is 0. The Hall–Kier alpha value is -1.57. The van der Waals surface area contributed by atoms with Crippen molar-refractivity contribution in [3.63, 3.8) is 0 Å². The molecule has 0 radical (unpaired) electrons. The van der Waals surface area contributed by atoms with Gasteiger partial charge in [0.1, 0.15) is 0 Å². The molecule has 0 bridgehead atoms. The molecule has 0 aliphatic rings. The number of nitrogens with two attached hydrogens (primary N) is 1. The van der Waals surface area contributed by atoms with Gasteiger partial charge in [0, 0.05) is 6.42 Å². The molecular formula is C12H16N2. The van der Waals surface area contributed by atoms with E-state index in [1.807, 2.05) is 50.3 Å². The third kappa shape index (κ3) is 2.73. The number of amidine groups is 1. The van der Waals surface area contributed by atoms with E-state index >= 15 is 0 Å². The predicted octanol–water partition coefficient (Wildman–Crippen LogP) is 2.81. The van der Waals surface area contributed by atoms with Crippen LogP contribution in [0.25, 0.3) is 5.70 Å². The Morgan fingerprint density at radius 1 is 1.36 bits per heavy atom. The zero-order valence-corrected chi connectivity index (χ0v) is 8.70. The fourth-order valence-electron chi connectivity index (χ4n) is 1.14.